The minimum atomic E-state index is 0.197. The zero-order chi connectivity index (χ0) is 11.8. The van der Waals surface area contributed by atoms with Gasteiger partial charge in [0, 0.05) is 24.2 Å². The number of nitrogens with zero attached hydrogens (tertiary/aromatic N) is 2. The molecule has 86 valence electrons. The summed E-state index contributed by atoms with van der Waals surface area (Å²) in [6, 6.07) is 6.85. The van der Waals surface area contributed by atoms with Crippen molar-refractivity contribution in [2.24, 2.45) is 0 Å². The van der Waals surface area contributed by atoms with Crippen molar-refractivity contribution in [3.63, 3.8) is 0 Å². The molecular formula is C12H12N4O. The maximum Gasteiger partial charge on any atom is 0.161 e. The van der Waals surface area contributed by atoms with Gasteiger partial charge in [-0.3, -0.25) is 0 Å². The van der Waals surface area contributed by atoms with E-state index in [0.717, 1.165) is 23.4 Å². The predicted molar refractivity (Wildman–Crippen MR) is 64.1 cm³/mol. The van der Waals surface area contributed by atoms with Gasteiger partial charge in [0.1, 0.15) is 11.6 Å². The molecule has 0 bridgehead atoms. The second kappa shape index (κ2) is 3.71. The van der Waals surface area contributed by atoms with Gasteiger partial charge in [-0.15, -0.1) is 0 Å². The first-order valence-corrected chi connectivity index (χ1v) is 5.39. The lowest BCUT2D eigenvalue weighted by Gasteiger charge is -2.06. The number of phenolic OH excluding ortho intramolecular Hbond substituents is 1. The van der Waals surface area contributed by atoms with Crippen molar-refractivity contribution in [1.29, 1.82) is 0 Å². The van der Waals surface area contributed by atoms with Crippen LogP contribution in [0.1, 0.15) is 11.3 Å². The maximum absolute atomic E-state index is 9.44. The molecule has 1 aromatic carbocycles. The number of benzene rings is 1. The Morgan fingerprint density at radius 1 is 1.24 bits per heavy atom. The Balaban J connectivity index is 2.13. The average molecular weight is 228 g/mol. The first-order chi connectivity index (χ1) is 8.24. The van der Waals surface area contributed by atoms with Gasteiger partial charge in [0.2, 0.25) is 0 Å². The largest absolute Gasteiger partial charge is 0.508 e. The second-order valence-electron chi connectivity index (χ2n) is 4.01. The third-order valence-electron chi connectivity index (χ3n) is 2.82. The molecule has 0 radical (unpaired) electrons. The number of phenols is 1. The molecule has 0 aliphatic carbocycles. The highest BCUT2D eigenvalue weighted by Crippen LogP contribution is 2.25. The van der Waals surface area contributed by atoms with E-state index >= 15 is 0 Å². The van der Waals surface area contributed by atoms with Crippen LogP contribution in [0.3, 0.4) is 0 Å². The highest BCUT2D eigenvalue weighted by molar-refractivity contribution is 5.61. The summed E-state index contributed by atoms with van der Waals surface area (Å²) in [5, 5.41) is 12.6. The molecule has 3 rings (SSSR count). The van der Waals surface area contributed by atoms with Crippen LogP contribution in [-0.2, 0) is 13.1 Å². The number of hydrogen-bond donors (Lipinski definition) is 3. The van der Waals surface area contributed by atoms with Crippen LogP contribution in [0.4, 0.5) is 5.82 Å². The lowest BCUT2D eigenvalue weighted by Crippen LogP contribution is -2.02. The first kappa shape index (κ1) is 10.0. The molecule has 2 heterocycles. The van der Waals surface area contributed by atoms with Gasteiger partial charge in [-0.25, -0.2) is 9.97 Å². The zero-order valence-electron chi connectivity index (χ0n) is 9.14. The van der Waals surface area contributed by atoms with Crippen molar-refractivity contribution in [2.45, 2.75) is 13.1 Å². The fraction of sp³-hybridized carbons (Fsp3) is 0.167. The molecule has 1 aliphatic heterocycles. The van der Waals surface area contributed by atoms with Crippen molar-refractivity contribution in [2.75, 3.05) is 5.73 Å². The van der Waals surface area contributed by atoms with E-state index in [4.69, 9.17) is 5.73 Å². The van der Waals surface area contributed by atoms with Crippen molar-refractivity contribution < 1.29 is 5.11 Å². The highest BCUT2D eigenvalue weighted by Gasteiger charge is 2.17. The molecule has 0 saturated heterocycles. The van der Waals surface area contributed by atoms with Gasteiger partial charge in [-0.05, 0) is 12.1 Å². The predicted octanol–water partition coefficient (Wildman–Crippen LogP) is 1.03. The number of anilines is 1. The molecule has 0 saturated carbocycles. The SMILES string of the molecule is Nc1nc(-c2cccc(O)c2)nc2c1CNC2. The Labute approximate surface area is 98.3 Å². The number of aromatic hydroxyl groups is 1. The van der Waals surface area contributed by atoms with Crippen molar-refractivity contribution in [1.82, 2.24) is 15.3 Å². The number of fused-ring (bicyclic) bond motifs is 1. The summed E-state index contributed by atoms with van der Waals surface area (Å²) in [5.74, 6) is 1.27. The van der Waals surface area contributed by atoms with E-state index in [0.29, 0.717) is 18.2 Å². The summed E-state index contributed by atoms with van der Waals surface area (Å²) in [6.07, 6.45) is 0. The smallest absolute Gasteiger partial charge is 0.161 e. The Morgan fingerprint density at radius 2 is 2.12 bits per heavy atom. The molecule has 1 aliphatic rings. The van der Waals surface area contributed by atoms with Crippen LogP contribution in [0.5, 0.6) is 5.75 Å². The molecule has 4 N–H and O–H groups in total. The first-order valence-electron chi connectivity index (χ1n) is 5.39. The van der Waals surface area contributed by atoms with Crippen LogP contribution in [0.25, 0.3) is 11.4 Å². The number of nitrogens with two attached hydrogens (primary N) is 1. The summed E-state index contributed by atoms with van der Waals surface area (Å²) in [4.78, 5) is 8.73. The minimum absolute atomic E-state index is 0.197. The fourth-order valence-electron chi connectivity index (χ4n) is 1.97. The summed E-state index contributed by atoms with van der Waals surface area (Å²) < 4.78 is 0. The number of rotatable bonds is 1. The van der Waals surface area contributed by atoms with E-state index in [1.807, 2.05) is 6.07 Å². The molecule has 2 aromatic rings. The highest BCUT2D eigenvalue weighted by atomic mass is 16.3. The van der Waals surface area contributed by atoms with E-state index in [2.05, 4.69) is 15.3 Å². The topological polar surface area (TPSA) is 84.1 Å². The van der Waals surface area contributed by atoms with Crippen LogP contribution in [0.15, 0.2) is 24.3 Å². The summed E-state index contributed by atoms with van der Waals surface area (Å²) in [5.41, 5.74) is 8.59. The lowest BCUT2D eigenvalue weighted by atomic mass is 10.2. The van der Waals surface area contributed by atoms with Gasteiger partial charge in [0.05, 0.1) is 5.69 Å². The van der Waals surface area contributed by atoms with Crippen LogP contribution < -0.4 is 11.1 Å². The number of aromatic nitrogens is 2. The number of nitrogen functional groups attached to an aromatic ring is 1. The van der Waals surface area contributed by atoms with Crippen molar-refractivity contribution >= 4 is 5.82 Å². The zero-order valence-corrected chi connectivity index (χ0v) is 9.14. The van der Waals surface area contributed by atoms with Crippen molar-refractivity contribution in [3.05, 3.63) is 35.5 Å². The molecular weight excluding hydrogens is 216 g/mol. The molecule has 0 spiro atoms. The molecule has 5 heteroatoms. The monoisotopic (exact) mass is 228 g/mol. The van der Waals surface area contributed by atoms with Gasteiger partial charge < -0.3 is 16.2 Å². The van der Waals surface area contributed by atoms with E-state index in [1.54, 1.807) is 18.2 Å². The fourth-order valence-corrected chi connectivity index (χ4v) is 1.97. The quantitative estimate of drug-likeness (QED) is 0.679. The number of hydrogen-bond acceptors (Lipinski definition) is 5. The van der Waals surface area contributed by atoms with Gasteiger partial charge in [-0.1, -0.05) is 12.1 Å². The molecule has 0 unspecified atom stereocenters. The van der Waals surface area contributed by atoms with Crippen LogP contribution in [-0.4, -0.2) is 15.1 Å². The average Bonchev–Trinajstić information content (AvgIpc) is 2.77. The Morgan fingerprint density at radius 3 is 2.94 bits per heavy atom. The molecule has 0 fully saturated rings. The normalized spacial score (nSPS) is 13.6. The van der Waals surface area contributed by atoms with Crippen LogP contribution in [0.2, 0.25) is 0 Å². The second-order valence-corrected chi connectivity index (χ2v) is 4.01. The summed E-state index contributed by atoms with van der Waals surface area (Å²) in [7, 11) is 0. The summed E-state index contributed by atoms with van der Waals surface area (Å²) in [6.45, 7) is 1.44. The third-order valence-corrected chi connectivity index (χ3v) is 2.82. The van der Waals surface area contributed by atoms with Gasteiger partial charge >= 0.3 is 0 Å². The molecule has 1 aromatic heterocycles. The Bertz CT molecular complexity index is 583. The summed E-state index contributed by atoms with van der Waals surface area (Å²) >= 11 is 0. The number of nitrogens with one attached hydrogen (secondary N) is 1. The molecule has 5 nitrogen and oxygen atoms in total. The van der Waals surface area contributed by atoms with E-state index in [-0.39, 0.29) is 5.75 Å². The standard InChI is InChI=1S/C12H12N4O/c13-11-9-5-14-6-10(9)15-12(16-11)7-2-1-3-8(17)4-7/h1-4,14,17H,5-6H2,(H2,13,15,16). The van der Waals surface area contributed by atoms with Crippen LogP contribution in [0, 0.1) is 0 Å². The Hall–Kier alpha value is -2.14. The maximum atomic E-state index is 9.44. The van der Waals surface area contributed by atoms with Gasteiger partial charge in [0.25, 0.3) is 0 Å². The van der Waals surface area contributed by atoms with Gasteiger partial charge in [0.15, 0.2) is 5.82 Å². The van der Waals surface area contributed by atoms with E-state index in [1.165, 1.54) is 0 Å². The Kier molecular flexibility index (Phi) is 2.19. The lowest BCUT2D eigenvalue weighted by molar-refractivity contribution is 0.475. The molecule has 0 amide bonds. The molecule has 17 heavy (non-hydrogen) atoms. The molecule has 0 atom stereocenters. The van der Waals surface area contributed by atoms with E-state index in [9.17, 15) is 5.11 Å². The van der Waals surface area contributed by atoms with Crippen molar-refractivity contribution in [3.8, 4) is 17.1 Å². The van der Waals surface area contributed by atoms with E-state index < -0.39 is 0 Å². The van der Waals surface area contributed by atoms with Crippen LogP contribution >= 0.6 is 0 Å². The third kappa shape index (κ3) is 1.70. The van der Waals surface area contributed by atoms with Gasteiger partial charge in [-0.2, -0.15) is 0 Å². The minimum Gasteiger partial charge on any atom is -0.508 e.